The van der Waals surface area contributed by atoms with Crippen molar-refractivity contribution in [1.29, 1.82) is 0 Å². The van der Waals surface area contributed by atoms with E-state index >= 15 is 0 Å². The summed E-state index contributed by atoms with van der Waals surface area (Å²) in [7, 11) is -3.09. The maximum atomic E-state index is 12.1. The highest BCUT2D eigenvalue weighted by Gasteiger charge is 2.30. The molecule has 0 radical (unpaired) electrons. The topological polar surface area (TPSA) is 57.6 Å². The minimum atomic E-state index is -3.09. The summed E-state index contributed by atoms with van der Waals surface area (Å²) in [6.45, 7) is 2.80. The number of aliphatic hydroxyl groups excluding tert-OH is 1. The molecule has 0 amide bonds. The summed E-state index contributed by atoms with van der Waals surface area (Å²) in [5.74, 6) is 0.185. The third-order valence-electron chi connectivity index (χ3n) is 3.21. The molecule has 1 aliphatic rings. The Morgan fingerprint density at radius 1 is 1.31 bits per heavy atom. The lowest BCUT2D eigenvalue weighted by Gasteiger charge is -2.34. The Hall–Kier alpha value is -0.130. The van der Waals surface area contributed by atoms with Crippen LogP contribution in [0.25, 0.3) is 0 Å². The molecule has 0 aromatic heterocycles. The molecule has 0 bridgehead atoms. The summed E-state index contributed by atoms with van der Waals surface area (Å²) in [4.78, 5) is 0. The fourth-order valence-electron chi connectivity index (χ4n) is 2.26. The van der Waals surface area contributed by atoms with E-state index < -0.39 is 10.0 Å². The van der Waals surface area contributed by atoms with E-state index in [1.807, 2.05) is 6.92 Å². The van der Waals surface area contributed by atoms with Crippen LogP contribution in [0.5, 0.6) is 0 Å². The Labute approximate surface area is 98.7 Å². The zero-order valence-corrected chi connectivity index (χ0v) is 10.9. The molecule has 1 fully saturated rings. The van der Waals surface area contributed by atoms with E-state index in [2.05, 4.69) is 0 Å². The van der Waals surface area contributed by atoms with Gasteiger partial charge >= 0.3 is 0 Å². The number of aliphatic hydroxyl groups is 1. The van der Waals surface area contributed by atoms with Crippen LogP contribution in [0.15, 0.2) is 0 Å². The summed E-state index contributed by atoms with van der Waals surface area (Å²) in [5, 5.41) is 8.66. The van der Waals surface area contributed by atoms with Crippen LogP contribution < -0.4 is 0 Å². The van der Waals surface area contributed by atoms with Crippen molar-refractivity contribution in [1.82, 2.24) is 4.31 Å². The largest absolute Gasteiger partial charge is 0.396 e. The average molecular weight is 249 g/mol. The highest BCUT2D eigenvalue weighted by Crippen LogP contribution is 2.23. The normalized spacial score (nSPS) is 23.5. The SMILES string of the molecule is CCC1CCCCN1S(=O)(=O)CCCCO. The number of piperidine rings is 1. The molecule has 0 aromatic carbocycles. The lowest BCUT2D eigenvalue weighted by atomic mass is 10.0. The fourth-order valence-corrected chi connectivity index (χ4v) is 4.18. The van der Waals surface area contributed by atoms with Crippen LogP contribution in [0.1, 0.15) is 45.4 Å². The Kier molecular flexibility index (Phi) is 5.72. The third-order valence-corrected chi connectivity index (χ3v) is 5.21. The summed E-state index contributed by atoms with van der Waals surface area (Å²) in [6.07, 6.45) is 5.15. The highest BCUT2D eigenvalue weighted by atomic mass is 32.2. The number of hydrogen-bond acceptors (Lipinski definition) is 3. The van der Waals surface area contributed by atoms with E-state index in [0.29, 0.717) is 19.4 Å². The van der Waals surface area contributed by atoms with Crippen LogP contribution in [-0.2, 0) is 10.0 Å². The van der Waals surface area contributed by atoms with Crippen molar-refractivity contribution in [3.63, 3.8) is 0 Å². The van der Waals surface area contributed by atoms with Gasteiger partial charge in [0.1, 0.15) is 0 Å². The Bertz CT molecular complexity index is 290. The Morgan fingerprint density at radius 3 is 2.69 bits per heavy atom. The first kappa shape index (κ1) is 13.9. The van der Waals surface area contributed by atoms with Gasteiger partial charge in [-0.25, -0.2) is 8.42 Å². The van der Waals surface area contributed by atoms with Gasteiger partial charge < -0.3 is 5.11 Å². The zero-order chi connectivity index (χ0) is 12.0. The van der Waals surface area contributed by atoms with E-state index in [4.69, 9.17) is 5.11 Å². The molecule has 1 aliphatic heterocycles. The summed E-state index contributed by atoms with van der Waals surface area (Å²) in [6, 6.07) is 0.202. The first-order chi connectivity index (χ1) is 7.61. The van der Waals surface area contributed by atoms with Gasteiger partial charge in [-0.3, -0.25) is 0 Å². The van der Waals surface area contributed by atoms with E-state index in [9.17, 15) is 8.42 Å². The van der Waals surface area contributed by atoms with Gasteiger partial charge in [-0.2, -0.15) is 4.31 Å². The predicted molar refractivity (Wildman–Crippen MR) is 64.7 cm³/mol. The lowest BCUT2D eigenvalue weighted by Crippen LogP contribution is -2.44. The average Bonchev–Trinajstić information content (AvgIpc) is 2.29. The monoisotopic (exact) mass is 249 g/mol. The summed E-state index contributed by atoms with van der Waals surface area (Å²) < 4.78 is 25.8. The van der Waals surface area contributed by atoms with Crippen LogP contribution in [0.2, 0.25) is 0 Å². The van der Waals surface area contributed by atoms with Crippen molar-refractivity contribution in [2.24, 2.45) is 0 Å². The standard InChI is InChI=1S/C11H23NO3S/c1-2-11-7-3-4-8-12(11)16(14,15)10-6-5-9-13/h11,13H,2-10H2,1H3. The van der Waals surface area contributed by atoms with Gasteiger partial charge in [-0.1, -0.05) is 13.3 Å². The molecule has 0 aromatic rings. The smallest absolute Gasteiger partial charge is 0.214 e. The van der Waals surface area contributed by atoms with E-state index in [1.165, 1.54) is 0 Å². The first-order valence-electron chi connectivity index (χ1n) is 6.22. The van der Waals surface area contributed by atoms with Gasteiger partial charge in [-0.05, 0) is 32.1 Å². The molecule has 16 heavy (non-hydrogen) atoms. The van der Waals surface area contributed by atoms with Crippen LogP contribution in [0.4, 0.5) is 0 Å². The number of nitrogens with zero attached hydrogens (tertiary/aromatic N) is 1. The number of hydrogen-bond donors (Lipinski definition) is 1. The second-order valence-corrected chi connectivity index (χ2v) is 6.46. The van der Waals surface area contributed by atoms with Gasteiger partial charge in [0, 0.05) is 19.2 Å². The van der Waals surface area contributed by atoms with Crippen molar-refractivity contribution in [3.8, 4) is 0 Å². The van der Waals surface area contributed by atoms with Crippen LogP contribution >= 0.6 is 0 Å². The third kappa shape index (κ3) is 3.71. The zero-order valence-electron chi connectivity index (χ0n) is 10.1. The second kappa shape index (κ2) is 6.57. The van der Waals surface area contributed by atoms with Crippen molar-refractivity contribution < 1.29 is 13.5 Å². The molecule has 0 saturated carbocycles. The maximum absolute atomic E-state index is 12.1. The van der Waals surface area contributed by atoms with Gasteiger partial charge in [0.25, 0.3) is 0 Å². The van der Waals surface area contributed by atoms with Gasteiger partial charge in [0.05, 0.1) is 5.75 Å². The molecular weight excluding hydrogens is 226 g/mol. The number of unbranched alkanes of at least 4 members (excludes halogenated alkanes) is 1. The molecule has 1 unspecified atom stereocenters. The van der Waals surface area contributed by atoms with Gasteiger partial charge in [-0.15, -0.1) is 0 Å². The second-order valence-electron chi connectivity index (χ2n) is 4.42. The molecule has 1 heterocycles. The van der Waals surface area contributed by atoms with E-state index in [1.54, 1.807) is 4.31 Å². The van der Waals surface area contributed by atoms with Crippen molar-refractivity contribution in [3.05, 3.63) is 0 Å². The molecule has 1 rings (SSSR count). The van der Waals surface area contributed by atoms with Crippen molar-refractivity contribution >= 4 is 10.0 Å². The molecule has 1 N–H and O–H groups in total. The first-order valence-corrected chi connectivity index (χ1v) is 7.83. The van der Waals surface area contributed by atoms with Gasteiger partial charge in [0.15, 0.2) is 0 Å². The van der Waals surface area contributed by atoms with Crippen LogP contribution in [-0.4, -0.2) is 42.8 Å². The van der Waals surface area contributed by atoms with E-state index in [0.717, 1.165) is 25.7 Å². The molecule has 96 valence electrons. The van der Waals surface area contributed by atoms with Crippen molar-refractivity contribution in [2.45, 2.75) is 51.5 Å². The molecule has 0 aliphatic carbocycles. The molecular formula is C11H23NO3S. The van der Waals surface area contributed by atoms with Crippen LogP contribution in [0, 0.1) is 0 Å². The van der Waals surface area contributed by atoms with Crippen molar-refractivity contribution in [2.75, 3.05) is 18.9 Å². The predicted octanol–water partition coefficient (Wildman–Crippen LogP) is 1.35. The quantitative estimate of drug-likeness (QED) is 0.723. The molecule has 5 heteroatoms. The number of sulfonamides is 1. The fraction of sp³-hybridized carbons (Fsp3) is 1.00. The summed E-state index contributed by atoms with van der Waals surface area (Å²) >= 11 is 0. The number of rotatable bonds is 6. The maximum Gasteiger partial charge on any atom is 0.214 e. The molecule has 1 saturated heterocycles. The summed E-state index contributed by atoms with van der Waals surface area (Å²) in [5.41, 5.74) is 0. The minimum Gasteiger partial charge on any atom is -0.396 e. The minimum absolute atomic E-state index is 0.0761. The Balaban J connectivity index is 2.57. The lowest BCUT2D eigenvalue weighted by molar-refractivity contribution is 0.245. The molecule has 4 nitrogen and oxygen atoms in total. The van der Waals surface area contributed by atoms with Crippen LogP contribution in [0.3, 0.4) is 0 Å². The van der Waals surface area contributed by atoms with Gasteiger partial charge in [0.2, 0.25) is 10.0 Å². The van der Waals surface area contributed by atoms with E-state index in [-0.39, 0.29) is 18.4 Å². The molecule has 1 atom stereocenters. The molecule has 0 spiro atoms. The highest BCUT2D eigenvalue weighted by molar-refractivity contribution is 7.89. The Morgan fingerprint density at radius 2 is 2.06 bits per heavy atom.